The zero-order valence-corrected chi connectivity index (χ0v) is 11.6. The van der Waals surface area contributed by atoms with Crippen molar-refractivity contribution >= 4 is 0 Å². The maximum Gasteiger partial charge on any atom is 0.119 e. The molecule has 0 spiro atoms. The second kappa shape index (κ2) is 9.75. The summed E-state index contributed by atoms with van der Waals surface area (Å²) in [6, 6.07) is 7.66. The van der Waals surface area contributed by atoms with E-state index in [-0.39, 0.29) is 6.61 Å². The molecule has 5 heteroatoms. The summed E-state index contributed by atoms with van der Waals surface area (Å²) in [7, 11) is 3.30. The van der Waals surface area contributed by atoms with Crippen molar-refractivity contribution < 1.29 is 19.3 Å². The van der Waals surface area contributed by atoms with Crippen molar-refractivity contribution in [3.63, 3.8) is 0 Å². The van der Waals surface area contributed by atoms with Gasteiger partial charge in [-0.15, -0.1) is 0 Å². The molecule has 2 N–H and O–H groups in total. The van der Waals surface area contributed by atoms with Gasteiger partial charge in [0, 0.05) is 27.3 Å². The smallest absolute Gasteiger partial charge is 0.119 e. The Morgan fingerprint density at radius 3 is 2.84 bits per heavy atom. The van der Waals surface area contributed by atoms with E-state index in [0.717, 1.165) is 17.9 Å². The fourth-order valence-corrected chi connectivity index (χ4v) is 1.59. The summed E-state index contributed by atoms with van der Waals surface area (Å²) in [6.07, 6.45) is -0.539. The first-order valence-electron chi connectivity index (χ1n) is 6.34. The number of aliphatic hydroxyl groups excluding tert-OH is 1. The van der Waals surface area contributed by atoms with E-state index in [1.807, 2.05) is 24.3 Å². The van der Waals surface area contributed by atoms with Gasteiger partial charge in [-0.2, -0.15) is 0 Å². The van der Waals surface area contributed by atoms with Crippen molar-refractivity contribution in [1.82, 2.24) is 5.32 Å². The van der Waals surface area contributed by atoms with Crippen LogP contribution in [0.1, 0.15) is 5.56 Å². The molecule has 0 saturated heterocycles. The molecule has 1 unspecified atom stereocenters. The van der Waals surface area contributed by atoms with Crippen LogP contribution >= 0.6 is 0 Å². The monoisotopic (exact) mass is 269 g/mol. The SMILES string of the molecule is COCCNCC(O)COc1cccc(COC)c1. The molecule has 0 amide bonds. The molecular formula is C14H23NO4. The lowest BCUT2D eigenvalue weighted by Gasteiger charge is -2.13. The van der Waals surface area contributed by atoms with E-state index in [4.69, 9.17) is 14.2 Å². The number of hydrogen-bond acceptors (Lipinski definition) is 5. The van der Waals surface area contributed by atoms with Crippen molar-refractivity contribution in [2.75, 3.05) is 40.5 Å². The van der Waals surface area contributed by atoms with Crippen LogP contribution in [0.3, 0.4) is 0 Å². The van der Waals surface area contributed by atoms with Gasteiger partial charge in [0.25, 0.3) is 0 Å². The molecule has 0 saturated carbocycles. The molecule has 108 valence electrons. The number of nitrogens with one attached hydrogen (secondary N) is 1. The topological polar surface area (TPSA) is 60.0 Å². The van der Waals surface area contributed by atoms with E-state index >= 15 is 0 Å². The van der Waals surface area contributed by atoms with E-state index < -0.39 is 6.10 Å². The Bertz CT molecular complexity index is 346. The van der Waals surface area contributed by atoms with Crippen LogP contribution in [0.5, 0.6) is 5.75 Å². The van der Waals surface area contributed by atoms with Crippen LogP contribution in [0.25, 0.3) is 0 Å². The fourth-order valence-electron chi connectivity index (χ4n) is 1.59. The summed E-state index contributed by atoms with van der Waals surface area (Å²) >= 11 is 0. The maximum absolute atomic E-state index is 9.73. The Balaban J connectivity index is 2.25. The highest BCUT2D eigenvalue weighted by Crippen LogP contribution is 2.14. The summed E-state index contributed by atoms with van der Waals surface area (Å²) in [5.74, 6) is 0.741. The normalized spacial score (nSPS) is 12.4. The molecular weight excluding hydrogens is 246 g/mol. The minimum atomic E-state index is -0.539. The van der Waals surface area contributed by atoms with Crippen molar-refractivity contribution in [2.24, 2.45) is 0 Å². The van der Waals surface area contributed by atoms with Crippen LogP contribution in [0, 0.1) is 0 Å². The second-order valence-electron chi connectivity index (χ2n) is 4.24. The zero-order chi connectivity index (χ0) is 13.9. The van der Waals surface area contributed by atoms with Gasteiger partial charge >= 0.3 is 0 Å². The molecule has 1 atom stereocenters. The lowest BCUT2D eigenvalue weighted by Crippen LogP contribution is -2.33. The Morgan fingerprint density at radius 2 is 2.11 bits per heavy atom. The summed E-state index contributed by atoms with van der Waals surface area (Å²) in [5.41, 5.74) is 1.05. The molecule has 0 aliphatic heterocycles. The van der Waals surface area contributed by atoms with Crippen LogP contribution in [0.4, 0.5) is 0 Å². The minimum Gasteiger partial charge on any atom is -0.491 e. The fraction of sp³-hybridized carbons (Fsp3) is 0.571. The van der Waals surface area contributed by atoms with Crippen molar-refractivity contribution in [3.8, 4) is 5.75 Å². The quantitative estimate of drug-likeness (QED) is 0.616. The lowest BCUT2D eigenvalue weighted by atomic mass is 10.2. The average Bonchev–Trinajstić information content (AvgIpc) is 2.42. The Morgan fingerprint density at radius 1 is 1.26 bits per heavy atom. The van der Waals surface area contributed by atoms with Crippen molar-refractivity contribution in [2.45, 2.75) is 12.7 Å². The highest BCUT2D eigenvalue weighted by molar-refractivity contribution is 5.28. The number of methoxy groups -OCH3 is 2. The lowest BCUT2D eigenvalue weighted by molar-refractivity contribution is 0.103. The van der Waals surface area contributed by atoms with Gasteiger partial charge in [-0.05, 0) is 17.7 Å². The zero-order valence-electron chi connectivity index (χ0n) is 11.6. The van der Waals surface area contributed by atoms with Gasteiger partial charge in [-0.1, -0.05) is 12.1 Å². The van der Waals surface area contributed by atoms with E-state index in [1.54, 1.807) is 14.2 Å². The summed E-state index contributed by atoms with van der Waals surface area (Å²) in [5, 5.41) is 12.8. The van der Waals surface area contributed by atoms with E-state index in [0.29, 0.717) is 19.8 Å². The number of benzene rings is 1. The molecule has 0 aliphatic carbocycles. The van der Waals surface area contributed by atoms with Gasteiger partial charge in [0.1, 0.15) is 18.5 Å². The minimum absolute atomic E-state index is 0.260. The molecule has 0 radical (unpaired) electrons. The molecule has 19 heavy (non-hydrogen) atoms. The van der Waals surface area contributed by atoms with Crippen LogP contribution in [-0.4, -0.2) is 51.7 Å². The first-order valence-corrected chi connectivity index (χ1v) is 6.34. The Hall–Kier alpha value is -1.14. The van der Waals surface area contributed by atoms with Crippen molar-refractivity contribution in [1.29, 1.82) is 0 Å². The predicted molar refractivity (Wildman–Crippen MR) is 73.4 cm³/mol. The molecule has 0 fully saturated rings. The largest absolute Gasteiger partial charge is 0.491 e. The van der Waals surface area contributed by atoms with Crippen LogP contribution in [-0.2, 0) is 16.1 Å². The maximum atomic E-state index is 9.73. The second-order valence-corrected chi connectivity index (χ2v) is 4.24. The summed E-state index contributed by atoms with van der Waals surface area (Å²) < 4.78 is 15.5. The van der Waals surface area contributed by atoms with Gasteiger partial charge in [-0.3, -0.25) is 0 Å². The number of rotatable bonds is 10. The highest BCUT2D eigenvalue weighted by atomic mass is 16.5. The van der Waals surface area contributed by atoms with Crippen LogP contribution in [0.15, 0.2) is 24.3 Å². The number of ether oxygens (including phenoxy) is 3. The predicted octanol–water partition coefficient (Wildman–Crippen LogP) is 0.809. The van der Waals surface area contributed by atoms with Crippen LogP contribution in [0.2, 0.25) is 0 Å². The number of hydrogen-bond donors (Lipinski definition) is 2. The Kier molecular flexibility index (Phi) is 8.16. The summed E-state index contributed by atoms with van der Waals surface area (Å²) in [6.45, 7) is 2.65. The third kappa shape index (κ3) is 7.12. The van der Waals surface area contributed by atoms with E-state index in [2.05, 4.69) is 5.32 Å². The number of aliphatic hydroxyl groups is 1. The third-order valence-electron chi connectivity index (χ3n) is 2.51. The first-order chi connectivity index (χ1) is 9.26. The molecule has 0 heterocycles. The summed E-state index contributed by atoms with van der Waals surface area (Å²) in [4.78, 5) is 0. The molecule has 0 aromatic heterocycles. The molecule has 0 aliphatic rings. The van der Waals surface area contributed by atoms with Gasteiger partial charge in [0.05, 0.1) is 13.2 Å². The Labute approximate surface area is 114 Å². The molecule has 5 nitrogen and oxygen atoms in total. The third-order valence-corrected chi connectivity index (χ3v) is 2.51. The van der Waals surface area contributed by atoms with Crippen molar-refractivity contribution in [3.05, 3.63) is 29.8 Å². The van der Waals surface area contributed by atoms with Gasteiger partial charge in [-0.25, -0.2) is 0 Å². The van der Waals surface area contributed by atoms with Crippen LogP contribution < -0.4 is 10.1 Å². The highest BCUT2D eigenvalue weighted by Gasteiger charge is 2.05. The van der Waals surface area contributed by atoms with E-state index in [9.17, 15) is 5.11 Å². The average molecular weight is 269 g/mol. The van der Waals surface area contributed by atoms with Gasteiger partial charge in [0.2, 0.25) is 0 Å². The first kappa shape index (κ1) is 15.9. The molecule has 0 bridgehead atoms. The van der Waals surface area contributed by atoms with E-state index in [1.165, 1.54) is 0 Å². The van der Waals surface area contributed by atoms with Gasteiger partial charge in [0.15, 0.2) is 0 Å². The molecule has 1 aromatic carbocycles. The molecule has 1 rings (SSSR count). The molecule has 1 aromatic rings. The standard InChI is InChI=1S/C14H23NO4/c1-17-7-6-15-9-13(16)11-19-14-5-3-4-12(8-14)10-18-2/h3-5,8,13,15-16H,6-7,9-11H2,1-2H3. The van der Waals surface area contributed by atoms with Gasteiger partial charge < -0.3 is 24.6 Å².